The number of hydrogen-bond donors (Lipinski definition) is 1. The summed E-state index contributed by atoms with van der Waals surface area (Å²) in [5, 5.41) is 12.0. The van der Waals surface area contributed by atoms with Crippen molar-refractivity contribution in [3.8, 4) is 6.07 Å². The van der Waals surface area contributed by atoms with Gasteiger partial charge in [-0.1, -0.05) is 13.8 Å². The number of carbonyl (C=O) groups is 1. The van der Waals surface area contributed by atoms with Crippen molar-refractivity contribution in [2.45, 2.75) is 59.0 Å². The van der Waals surface area contributed by atoms with E-state index < -0.39 is 0 Å². The van der Waals surface area contributed by atoms with E-state index in [0.29, 0.717) is 24.5 Å². The van der Waals surface area contributed by atoms with Crippen LogP contribution in [0.5, 0.6) is 0 Å². The van der Waals surface area contributed by atoms with E-state index in [4.69, 9.17) is 5.26 Å². The van der Waals surface area contributed by atoms with Gasteiger partial charge in [-0.05, 0) is 39.0 Å². The van der Waals surface area contributed by atoms with Crippen molar-refractivity contribution in [3.05, 3.63) is 11.8 Å². The molecule has 1 amide bonds. The molecule has 0 aliphatic carbocycles. The van der Waals surface area contributed by atoms with E-state index in [1.54, 1.807) is 6.20 Å². The molecular formula is C15H25N3O. The number of carbonyl (C=O) groups excluding carboxylic acids is 1. The van der Waals surface area contributed by atoms with Gasteiger partial charge >= 0.3 is 0 Å². The Bertz CT molecular complexity index is 371. The van der Waals surface area contributed by atoms with Crippen molar-refractivity contribution in [3.63, 3.8) is 0 Å². The monoisotopic (exact) mass is 263 g/mol. The van der Waals surface area contributed by atoms with E-state index in [1.165, 1.54) is 6.42 Å². The van der Waals surface area contributed by atoms with Crippen molar-refractivity contribution in [2.24, 2.45) is 5.92 Å². The summed E-state index contributed by atoms with van der Waals surface area (Å²) in [6.07, 6.45) is 5.19. The minimum atomic E-state index is -0.263. The second-order valence-electron chi connectivity index (χ2n) is 5.83. The summed E-state index contributed by atoms with van der Waals surface area (Å²) in [5.74, 6) is 0.123. The highest BCUT2D eigenvalue weighted by Gasteiger charge is 2.23. The minimum absolute atomic E-state index is 0.209. The van der Waals surface area contributed by atoms with E-state index in [9.17, 15) is 4.79 Å². The Kier molecular flexibility index (Phi) is 5.88. The molecule has 0 aromatic carbocycles. The average molecular weight is 263 g/mol. The number of nitrogens with zero attached hydrogens (tertiary/aromatic N) is 2. The zero-order valence-electron chi connectivity index (χ0n) is 12.4. The van der Waals surface area contributed by atoms with Crippen LogP contribution in [0.1, 0.15) is 47.0 Å². The van der Waals surface area contributed by atoms with Crippen molar-refractivity contribution in [1.82, 2.24) is 10.2 Å². The maximum atomic E-state index is 11.9. The molecule has 4 heteroatoms. The molecule has 106 valence electrons. The van der Waals surface area contributed by atoms with Gasteiger partial charge in [0.1, 0.15) is 11.6 Å². The Balaban J connectivity index is 2.74. The first-order valence-electron chi connectivity index (χ1n) is 7.13. The molecule has 1 fully saturated rings. The van der Waals surface area contributed by atoms with Crippen molar-refractivity contribution in [1.29, 1.82) is 5.26 Å². The summed E-state index contributed by atoms with van der Waals surface area (Å²) in [5.41, 5.74) is 0.209. The largest absolute Gasteiger partial charge is 0.371 e. The molecule has 1 aliphatic heterocycles. The van der Waals surface area contributed by atoms with Gasteiger partial charge in [0.25, 0.3) is 5.91 Å². The van der Waals surface area contributed by atoms with Crippen LogP contribution in [-0.4, -0.2) is 29.4 Å². The second-order valence-corrected chi connectivity index (χ2v) is 5.83. The van der Waals surface area contributed by atoms with Crippen LogP contribution in [0.15, 0.2) is 11.8 Å². The van der Waals surface area contributed by atoms with Gasteiger partial charge in [-0.15, -0.1) is 0 Å². The van der Waals surface area contributed by atoms with Gasteiger partial charge in [0.05, 0.1) is 0 Å². The van der Waals surface area contributed by atoms with Gasteiger partial charge in [-0.25, -0.2) is 0 Å². The fourth-order valence-electron chi connectivity index (χ4n) is 2.38. The van der Waals surface area contributed by atoms with Crippen molar-refractivity contribution < 1.29 is 4.79 Å². The molecule has 4 nitrogen and oxygen atoms in total. The van der Waals surface area contributed by atoms with Crippen LogP contribution in [0.4, 0.5) is 0 Å². The van der Waals surface area contributed by atoms with Crippen LogP contribution in [-0.2, 0) is 4.79 Å². The summed E-state index contributed by atoms with van der Waals surface area (Å²) in [4.78, 5) is 14.1. The predicted octanol–water partition coefficient (Wildman–Crippen LogP) is 2.43. The first-order valence-corrected chi connectivity index (χ1v) is 7.13. The number of hydrogen-bond acceptors (Lipinski definition) is 3. The Morgan fingerprint density at radius 2 is 2.00 bits per heavy atom. The Labute approximate surface area is 116 Å². The first-order chi connectivity index (χ1) is 8.95. The number of rotatable bonds is 4. The lowest BCUT2D eigenvalue weighted by atomic mass is 9.98. The molecule has 0 aromatic heterocycles. The Morgan fingerprint density at radius 3 is 2.47 bits per heavy atom. The van der Waals surface area contributed by atoms with E-state index >= 15 is 0 Å². The van der Waals surface area contributed by atoms with Crippen LogP contribution in [0.2, 0.25) is 0 Å². The smallest absolute Gasteiger partial charge is 0.263 e. The van der Waals surface area contributed by atoms with Gasteiger partial charge in [0.2, 0.25) is 0 Å². The summed E-state index contributed by atoms with van der Waals surface area (Å²) in [6.45, 7) is 8.96. The van der Waals surface area contributed by atoms with Crippen LogP contribution in [0.25, 0.3) is 0 Å². The zero-order valence-corrected chi connectivity index (χ0v) is 12.4. The molecule has 0 saturated carbocycles. The number of amides is 1. The molecule has 0 spiro atoms. The number of likely N-dealkylation sites (tertiary alicyclic amines) is 1. The quantitative estimate of drug-likeness (QED) is 0.626. The fourth-order valence-corrected chi connectivity index (χ4v) is 2.38. The molecule has 2 unspecified atom stereocenters. The maximum Gasteiger partial charge on any atom is 0.263 e. The topological polar surface area (TPSA) is 56.1 Å². The SMILES string of the molecule is CC(C)CNC(=O)/C(C#N)=C\N1C(C)CCCC1C. The fraction of sp³-hybridized carbons (Fsp3) is 0.733. The van der Waals surface area contributed by atoms with Crippen LogP contribution < -0.4 is 5.32 Å². The predicted molar refractivity (Wildman–Crippen MR) is 76.2 cm³/mol. The lowest BCUT2D eigenvalue weighted by Gasteiger charge is -2.38. The molecule has 0 radical (unpaired) electrons. The highest BCUT2D eigenvalue weighted by Crippen LogP contribution is 2.23. The normalized spacial score (nSPS) is 24.2. The molecule has 0 aromatic rings. The summed E-state index contributed by atoms with van der Waals surface area (Å²) in [7, 11) is 0. The second kappa shape index (κ2) is 7.18. The highest BCUT2D eigenvalue weighted by molar-refractivity contribution is 5.97. The van der Waals surface area contributed by atoms with Gasteiger partial charge in [0.15, 0.2) is 0 Å². The lowest BCUT2D eigenvalue weighted by Crippen LogP contribution is -2.40. The van der Waals surface area contributed by atoms with E-state index in [-0.39, 0.29) is 11.5 Å². The molecule has 1 saturated heterocycles. The molecule has 1 rings (SSSR count). The third-order valence-electron chi connectivity index (χ3n) is 3.58. The molecule has 1 aliphatic rings. The molecule has 1 N–H and O–H groups in total. The minimum Gasteiger partial charge on any atom is -0.371 e. The van der Waals surface area contributed by atoms with Crippen LogP contribution in [0, 0.1) is 17.2 Å². The van der Waals surface area contributed by atoms with Gasteiger partial charge in [-0.3, -0.25) is 4.79 Å². The van der Waals surface area contributed by atoms with Crippen molar-refractivity contribution >= 4 is 5.91 Å². The van der Waals surface area contributed by atoms with Gasteiger partial charge < -0.3 is 10.2 Å². The third-order valence-corrected chi connectivity index (χ3v) is 3.58. The Morgan fingerprint density at radius 1 is 1.42 bits per heavy atom. The standard InChI is InChI=1S/C15H25N3O/c1-11(2)9-17-15(19)14(8-16)10-18-12(3)6-5-7-13(18)4/h10-13H,5-7,9H2,1-4H3,(H,17,19)/b14-10-. The zero-order chi connectivity index (χ0) is 14.4. The molecule has 2 atom stereocenters. The summed E-state index contributed by atoms with van der Waals surface area (Å²) in [6, 6.07) is 2.81. The molecule has 1 heterocycles. The van der Waals surface area contributed by atoms with E-state index in [1.807, 2.05) is 19.9 Å². The van der Waals surface area contributed by atoms with Crippen molar-refractivity contribution in [2.75, 3.05) is 6.54 Å². The molecule has 0 bridgehead atoms. The van der Waals surface area contributed by atoms with Gasteiger partial charge in [-0.2, -0.15) is 5.26 Å². The van der Waals surface area contributed by atoms with Crippen LogP contribution >= 0.6 is 0 Å². The van der Waals surface area contributed by atoms with E-state index in [2.05, 4.69) is 24.1 Å². The lowest BCUT2D eigenvalue weighted by molar-refractivity contribution is -0.117. The average Bonchev–Trinajstić information content (AvgIpc) is 2.35. The Hall–Kier alpha value is -1.50. The maximum absolute atomic E-state index is 11.9. The molecular weight excluding hydrogens is 238 g/mol. The highest BCUT2D eigenvalue weighted by atomic mass is 16.1. The number of nitriles is 1. The summed E-state index contributed by atoms with van der Waals surface area (Å²) < 4.78 is 0. The third kappa shape index (κ3) is 4.59. The van der Waals surface area contributed by atoms with Crippen LogP contribution in [0.3, 0.4) is 0 Å². The van der Waals surface area contributed by atoms with E-state index in [0.717, 1.165) is 12.8 Å². The number of nitrogens with one attached hydrogen (secondary N) is 1. The number of piperidine rings is 1. The molecule has 19 heavy (non-hydrogen) atoms. The van der Waals surface area contributed by atoms with Gasteiger partial charge in [0, 0.05) is 24.8 Å². The first kappa shape index (κ1) is 15.6. The summed E-state index contributed by atoms with van der Waals surface area (Å²) >= 11 is 0.